The Labute approximate surface area is 252 Å². The van der Waals surface area contributed by atoms with Crippen molar-refractivity contribution in [3.63, 3.8) is 0 Å². The normalized spacial score (nSPS) is 20.1. The molecule has 1 aromatic heterocycles. The van der Waals surface area contributed by atoms with Crippen LogP contribution in [0, 0.1) is 11.8 Å². The highest BCUT2D eigenvalue weighted by molar-refractivity contribution is 6.31. The molecule has 2 aromatic carbocycles. The zero-order valence-corrected chi connectivity index (χ0v) is 25.0. The lowest BCUT2D eigenvalue weighted by molar-refractivity contribution is 0.0289. The Balaban J connectivity index is 1.13. The zero-order valence-electron chi connectivity index (χ0n) is 24.2. The molecule has 9 heteroatoms. The van der Waals surface area contributed by atoms with Crippen molar-refractivity contribution in [1.82, 2.24) is 19.7 Å². The van der Waals surface area contributed by atoms with Gasteiger partial charge in [0, 0.05) is 67.4 Å². The topological polar surface area (TPSA) is 70.3 Å². The monoisotopic (exact) mass is 590 g/mol. The number of aromatic nitrogens is 1. The van der Waals surface area contributed by atoms with E-state index in [4.69, 9.17) is 25.8 Å². The smallest absolute Gasteiger partial charge is 0.411 e. The minimum atomic E-state index is -0.370. The number of hydrogen-bond donors (Lipinski definition) is 1. The zero-order chi connectivity index (χ0) is 28.9. The van der Waals surface area contributed by atoms with Crippen molar-refractivity contribution in [3.8, 4) is 17.6 Å². The number of nitrogens with zero attached hydrogens (tertiary/aromatic N) is 3. The van der Waals surface area contributed by atoms with Gasteiger partial charge in [0.15, 0.2) is 6.61 Å². The third-order valence-corrected chi connectivity index (χ3v) is 8.87. The molecular formula is C33H39ClN4O4. The number of morpholine rings is 1. The Hall–Kier alpha value is -3.22. The summed E-state index contributed by atoms with van der Waals surface area (Å²) < 4.78 is 17.4. The number of benzene rings is 2. The summed E-state index contributed by atoms with van der Waals surface area (Å²) in [5, 5.41) is 1.80. The fourth-order valence-corrected chi connectivity index (χ4v) is 6.51. The first-order valence-electron chi connectivity index (χ1n) is 15.0. The van der Waals surface area contributed by atoms with E-state index < -0.39 is 0 Å². The third-order valence-electron chi connectivity index (χ3n) is 8.64. The summed E-state index contributed by atoms with van der Waals surface area (Å²) in [6.45, 7) is 10.5. The van der Waals surface area contributed by atoms with Gasteiger partial charge < -0.3 is 24.1 Å². The van der Waals surface area contributed by atoms with E-state index in [2.05, 4.69) is 38.8 Å². The van der Waals surface area contributed by atoms with E-state index in [0.29, 0.717) is 18.0 Å². The molecule has 1 unspecified atom stereocenters. The van der Waals surface area contributed by atoms with E-state index in [1.807, 2.05) is 30.3 Å². The number of hydrogen-bond acceptors (Lipinski definition) is 6. The number of fused-ring (bicyclic) bond motifs is 3. The SMILES string of the molecule is CC#CCOC(=O)N1CCc2c([nH]c3ccc(Cl)cc23)C1c1ccc(OC2CCN(CCN3CCOCC3)CC2)cc1. The number of halogens is 1. The lowest BCUT2D eigenvalue weighted by Crippen LogP contribution is -2.44. The van der Waals surface area contributed by atoms with Crippen LogP contribution < -0.4 is 4.74 Å². The number of likely N-dealkylation sites (tertiary alicyclic amines) is 1. The quantitative estimate of drug-likeness (QED) is 0.386. The Morgan fingerprint density at radius 2 is 1.76 bits per heavy atom. The maximum absolute atomic E-state index is 13.2. The van der Waals surface area contributed by atoms with Crippen molar-refractivity contribution in [3.05, 3.63) is 64.3 Å². The Bertz CT molecular complexity index is 1430. The number of H-pyrrole nitrogens is 1. The first-order valence-corrected chi connectivity index (χ1v) is 15.4. The number of aromatic amines is 1. The minimum Gasteiger partial charge on any atom is -0.490 e. The molecule has 4 heterocycles. The van der Waals surface area contributed by atoms with Gasteiger partial charge in [-0.05, 0) is 67.6 Å². The summed E-state index contributed by atoms with van der Waals surface area (Å²) in [6, 6.07) is 13.8. The summed E-state index contributed by atoms with van der Waals surface area (Å²) in [6.07, 6.45) is 2.60. The summed E-state index contributed by atoms with van der Waals surface area (Å²) in [4.78, 5) is 23.6. The highest BCUT2D eigenvalue weighted by Gasteiger charge is 2.35. The van der Waals surface area contributed by atoms with Crippen LogP contribution in [0.4, 0.5) is 4.79 Å². The van der Waals surface area contributed by atoms with Gasteiger partial charge in [-0.2, -0.15) is 0 Å². The molecule has 3 aliphatic rings. The van der Waals surface area contributed by atoms with E-state index in [9.17, 15) is 4.79 Å². The third kappa shape index (κ3) is 6.55. The Morgan fingerprint density at radius 1 is 1.02 bits per heavy atom. The number of carbonyl (C=O) groups is 1. The predicted molar refractivity (Wildman–Crippen MR) is 164 cm³/mol. The van der Waals surface area contributed by atoms with E-state index >= 15 is 0 Å². The van der Waals surface area contributed by atoms with E-state index in [1.54, 1.807) is 11.8 Å². The van der Waals surface area contributed by atoms with Crippen LogP contribution in [0.1, 0.15) is 42.6 Å². The first-order chi connectivity index (χ1) is 20.6. The van der Waals surface area contributed by atoms with Gasteiger partial charge in [-0.1, -0.05) is 29.7 Å². The number of nitrogens with one attached hydrogen (secondary N) is 1. The van der Waals surface area contributed by atoms with Crippen molar-refractivity contribution in [2.45, 2.75) is 38.3 Å². The van der Waals surface area contributed by atoms with E-state index in [0.717, 1.165) is 93.2 Å². The molecule has 0 bridgehead atoms. The summed E-state index contributed by atoms with van der Waals surface area (Å²) in [5.41, 5.74) is 4.20. The van der Waals surface area contributed by atoms with Crippen LogP contribution in [0.15, 0.2) is 42.5 Å². The van der Waals surface area contributed by atoms with Crippen LogP contribution in [-0.2, 0) is 15.9 Å². The van der Waals surface area contributed by atoms with Gasteiger partial charge in [0.25, 0.3) is 0 Å². The molecule has 6 rings (SSSR count). The predicted octanol–water partition coefficient (Wildman–Crippen LogP) is 5.10. The van der Waals surface area contributed by atoms with Gasteiger partial charge in [0.05, 0.1) is 13.2 Å². The molecule has 0 aliphatic carbocycles. The largest absolute Gasteiger partial charge is 0.490 e. The van der Waals surface area contributed by atoms with E-state index in [-0.39, 0.29) is 24.8 Å². The number of piperidine rings is 1. The molecular weight excluding hydrogens is 552 g/mol. The van der Waals surface area contributed by atoms with Crippen LogP contribution in [0.25, 0.3) is 10.9 Å². The molecule has 0 spiro atoms. The van der Waals surface area contributed by atoms with Crippen molar-refractivity contribution in [2.75, 3.05) is 65.6 Å². The number of rotatable bonds is 7. The fraction of sp³-hybridized carbons (Fsp3) is 0.485. The molecule has 1 amide bonds. The van der Waals surface area contributed by atoms with Gasteiger partial charge in [0.1, 0.15) is 17.9 Å². The summed E-state index contributed by atoms with van der Waals surface area (Å²) >= 11 is 6.34. The maximum Gasteiger partial charge on any atom is 0.411 e. The molecule has 1 N–H and O–H groups in total. The van der Waals surface area contributed by atoms with Gasteiger partial charge in [-0.3, -0.25) is 9.80 Å². The molecule has 3 aliphatic heterocycles. The van der Waals surface area contributed by atoms with Crippen LogP contribution in [0.2, 0.25) is 5.02 Å². The Morgan fingerprint density at radius 3 is 2.50 bits per heavy atom. The van der Waals surface area contributed by atoms with Crippen LogP contribution >= 0.6 is 11.6 Å². The van der Waals surface area contributed by atoms with Crippen molar-refractivity contribution in [2.24, 2.45) is 0 Å². The summed E-state index contributed by atoms with van der Waals surface area (Å²) in [7, 11) is 0. The fourth-order valence-electron chi connectivity index (χ4n) is 6.34. The van der Waals surface area contributed by atoms with Gasteiger partial charge in [-0.15, -0.1) is 5.92 Å². The van der Waals surface area contributed by atoms with Crippen LogP contribution in [0.5, 0.6) is 5.75 Å². The molecule has 8 nitrogen and oxygen atoms in total. The van der Waals surface area contributed by atoms with Crippen molar-refractivity contribution >= 4 is 28.6 Å². The molecule has 0 saturated carbocycles. The average molecular weight is 591 g/mol. The minimum absolute atomic E-state index is 0.0759. The van der Waals surface area contributed by atoms with Crippen LogP contribution in [-0.4, -0.2) is 97.5 Å². The standard InChI is InChI=1S/C33H39ClN4O4/c1-2-3-20-41-33(39)38-15-12-28-29-23-25(34)6-9-30(29)35-31(28)32(38)24-4-7-26(8-5-24)42-27-10-13-36(14-11-27)16-17-37-18-21-40-22-19-37/h4-9,23,27,32,35H,10-22H2,1H3. The van der Waals surface area contributed by atoms with E-state index in [1.165, 1.54) is 5.56 Å². The molecule has 2 fully saturated rings. The second-order valence-corrected chi connectivity index (χ2v) is 11.7. The molecule has 222 valence electrons. The highest BCUT2D eigenvalue weighted by atomic mass is 35.5. The number of carbonyl (C=O) groups excluding carboxylic acids is 1. The average Bonchev–Trinajstić information content (AvgIpc) is 3.39. The number of amides is 1. The lowest BCUT2D eigenvalue weighted by Gasteiger charge is -2.35. The van der Waals surface area contributed by atoms with Crippen LogP contribution in [0.3, 0.4) is 0 Å². The molecule has 42 heavy (non-hydrogen) atoms. The Kier molecular flexibility index (Phi) is 9.21. The van der Waals surface area contributed by atoms with Gasteiger partial charge in [-0.25, -0.2) is 4.79 Å². The molecule has 3 aromatic rings. The molecule has 1 atom stereocenters. The van der Waals surface area contributed by atoms with Crippen molar-refractivity contribution in [1.29, 1.82) is 0 Å². The highest BCUT2D eigenvalue weighted by Crippen LogP contribution is 2.40. The van der Waals surface area contributed by atoms with Gasteiger partial charge in [0.2, 0.25) is 0 Å². The maximum atomic E-state index is 13.2. The number of ether oxygens (including phenoxy) is 3. The molecule has 0 radical (unpaired) electrons. The summed E-state index contributed by atoms with van der Waals surface area (Å²) in [5.74, 6) is 6.46. The van der Waals surface area contributed by atoms with Crippen molar-refractivity contribution < 1.29 is 19.0 Å². The first kappa shape index (κ1) is 28.9. The van der Waals surface area contributed by atoms with Gasteiger partial charge >= 0.3 is 6.09 Å². The second-order valence-electron chi connectivity index (χ2n) is 11.2. The second kappa shape index (κ2) is 13.4. The lowest BCUT2D eigenvalue weighted by atomic mass is 9.92. The molecule has 2 saturated heterocycles.